The number of nitrogens with zero attached hydrogens (tertiary/aromatic N) is 1. The molecule has 0 radical (unpaired) electrons. The quantitative estimate of drug-likeness (QED) is 0.704. The Balaban J connectivity index is 0.00000338. The van der Waals surface area contributed by atoms with Crippen molar-refractivity contribution in [1.29, 1.82) is 0 Å². The van der Waals surface area contributed by atoms with Gasteiger partial charge in [-0.15, -0.1) is 12.4 Å². The number of halogens is 1. The van der Waals surface area contributed by atoms with Crippen LogP contribution >= 0.6 is 12.4 Å². The summed E-state index contributed by atoms with van der Waals surface area (Å²) in [6.45, 7) is 8.08. The zero-order valence-electron chi connectivity index (χ0n) is 16.3. The Labute approximate surface area is 163 Å². The third kappa shape index (κ3) is 6.36. The van der Waals surface area contributed by atoms with Gasteiger partial charge in [0.1, 0.15) is 0 Å². The van der Waals surface area contributed by atoms with Crippen molar-refractivity contribution in [3.63, 3.8) is 0 Å². The normalized spacial score (nSPS) is 14.7. The maximum atomic E-state index is 12.8. The Morgan fingerprint density at radius 2 is 1.73 bits per heavy atom. The Morgan fingerprint density at radius 1 is 1.12 bits per heavy atom. The Hall–Kier alpha value is -1.46. The molecular formula is C20H33ClN2O3. The molecule has 0 atom stereocenters. The molecule has 0 bridgehead atoms. The van der Waals surface area contributed by atoms with E-state index in [-0.39, 0.29) is 18.3 Å². The standard InChI is InChI=1S/C20H32N2O3.ClH/c1-4-12-24-18-7-6-17(14-19(18)25-13-5-2)20(23)22-10-8-16(9-11-22)15-21-3;/h6-7,14,16,21H,4-5,8-13,15H2,1-3H3;1H. The van der Waals surface area contributed by atoms with Gasteiger partial charge >= 0.3 is 0 Å². The van der Waals surface area contributed by atoms with Crippen molar-refractivity contribution in [2.75, 3.05) is 39.9 Å². The summed E-state index contributed by atoms with van der Waals surface area (Å²) in [5.41, 5.74) is 0.682. The topological polar surface area (TPSA) is 50.8 Å². The first kappa shape index (κ1) is 22.6. The highest BCUT2D eigenvalue weighted by Gasteiger charge is 2.24. The van der Waals surface area contributed by atoms with Crippen molar-refractivity contribution in [1.82, 2.24) is 10.2 Å². The molecule has 1 aromatic rings. The summed E-state index contributed by atoms with van der Waals surface area (Å²) >= 11 is 0. The first-order chi connectivity index (χ1) is 12.2. The number of ether oxygens (including phenoxy) is 2. The van der Waals surface area contributed by atoms with Crippen LogP contribution in [0, 0.1) is 5.92 Å². The van der Waals surface area contributed by atoms with Crippen LogP contribution in [-0.4, -0.2) is 50.7 Å². The van der Waals surface area contributed by atoms with E-state index in [2.05, 4.69) is 19.2 Å². The lowest BCUT2D eigenvalue weighted by molar-refractivity contribution is 0.0690. The van der Waals surface area contributed by atoms with E-state index in [0.29, 0.717) is 30.4 Å². The van der Waals surface area contributed by atoms with E-state index < -0.39 is 0 Å². The van der Waals surface area contributed by atoms with E-state index >= 15 is 0 Å². The van der Waals surface area contributed by atoms with Crippen LogP contribution in [0.2, 0.25) is 0 Å². The number of hydrogen-bond acceptors (Lipinski definition) is 4. The van der Waals surface area contributed by atoms with Crippen molar-refractivity contribution in [3.05, 3.63) is 23.8 Å². The Bertz CT molecular complexity index is 546. The molecule has 1 fully saturated rings. The summed E-state index contributed by atoms with van der Waals surface area (Å²) in [6.07, 6.45) is 3.98. The van der Waals surface area contributed by atoms with Crippen LogP contribution in [0.1, 0.15) is 49.9 Å². The van der Waals surface area contributed by atoms with Gasteiger partial charge in [-0.1, -0.05) is 13.8 Å². The molecule has 1 saturated heterocycles. The fourth-order valence-electron chi connectivity index (χ4n) is 3.11. The van der Waals surface area contributed by atoms with E-state index in [1.165, 1.54) is 0 Å². The molecule has 0 unspecified atom stereocenters. The van der Waals surface area contributed by atoms with Crippen LogP contribution < -0.4 is 14.8 Å². The molecule has 1 amide bonds. The van der Waals surface area contributed by atoms with Gasteiger partial charge in [0, 0.05) is 18.7 Å². The van der Waals surface area contributed by atoms with E-state index in [0.717, 1.165) is 51.1 Å². The lowest BCUT2D eigenvalue weighted by Gasteiger charge is -2.32. The molecule has 1 aliphatic heterocycles. The van der Waals surface area contributed by atoms with Crippen molar-refractivity contribution >= 4 is 18.3 Å². The second-order valence-corrected chi connectivity index (χ2v) is 6.65. The fraction of sp³-hybridized carbons (Fsp3) is 0.650. The number of carbonyl (C=O) groups excluding carboxylic acids is 1. The molecule has 2 rings (SSSR count). The number of piperidine rings is 1. The lowest BCUT2D eigenvalue weighted by Crippen LogP contribution is -2.40. The van der Waals surface area contributed by atoms with E-state index in [9.17, 15) is 4.79 Å². The molecule has 0 aromatic heterocycles. The predicted octanol–water partition coefficient (Wildman–Crippen LogP) is 3.76. The van der Waals surface area contributed by atoms with Gasteiger partial charge in [0.15, 0.2) is 11.5 Å². The first-order valence-corrected chi connectivity index (χ1v) is 9.53. The third-order valence-corrected chi connectivity index (χ3v) is 4.51. The van der Waals surface area contributed by atoms with Gasteiger partial charge in [-0.3, -0.25) is 4.79 Å². The van der Waals surface area contributed by atoms with Gasteiger partial charge in [0.05, 0.1) is 13.2 Å². The molecule has 1 N–H and O–H groups in total. The Morgan fingerprint density at radius 3 is 2.31 bits per heavy atom. The average Bonchev–Trinajstić information content (AvgIpc) is 2.65. The minimum Gasteiger partial charge on any atom is -0.490 e. The van der Waals surface area contributed by atoms with Gasteiger partial charge in [0.2, 0.25) is 0 Å². The lowest BCUT2D eigenvalue weighted by atomic mass is 9.96. The zero-order valence-corrected chi connectivity index (χ0v) is 17.1. The molecule has 1 aromatic carbocycles. The van der Waals surface area contributed by atoms with Crippen LogP contribution in [0.4, 0.5) is 0 Å². The van der Waals surface area contributed by atoms with Crippen LogP contribution in [0.25, 0.3) is 0 Å². The van der Waals surface area contributed by atoms with E-state index in [1.807, 2.05) is 30.1 Å². The monoisotopic (exact) mass is 384 g/mol. The van der Waals surface area contributed by atoms with Gasteiger partial charge < -0.3 is 19.7 Å². The number of nitrogens with one attached hydrogen (secondary N) is 1. The first-order valence-electron chi connectivity index (χ1n) is 9.53. The van der Waals surface area contributed by atoms with Gasteiger partial charge in [-0.05, 0) is 63.4 Å². The van der Waals surface area contributed by atoms with E-state index in [1.54, 1.807) is 0 Å². The Kier molecular flexibility index (Phi) is 10.4. The highest BCUT2D eigenvalue weighted by molar-refractivity contribution is 5.95. The molecule has 0 aliphatic carbocycles. The number of amides is 1. The molecule has 0 spiro atoms. The molecule has 1 aliphatic rings. The van der Waals surface area contributed by atoms with Crippen molar-refractivity contribution < 1.29 is 14.3 Å². The summed E-state index contributed by atoms with van der Waals surface area (Å²) in [7, 11) is 1.98. The van der Waals surface area contributed by atoms with Crippen LogP contribution in [-0.2, 0) is 0 Å². The highest BCUT2D eigenvalue weighted by Crippen LogP contribution is 2.30. The van der Waals surface area contributed by atoms with Crippen molar-refractivity contribution in [2.45, 2.75) is 39.5 Å². The summed E-state index contributed by atoms with van der Waals surface area (Å²) in [5.74, 6) is 2.15. The summed E-state index contributed by atoms with van der Waals surface area (Å²) in [4.78, 5) is 14.8. The van der Waals surface area contributed by atoms with Crippen molar-refractivity contribution in [3.8, 4) is 11.5 Å². The molecule has 6 heteroatoms. The SMILES string of the molecule is CCCOc1ccc(C(=O)N2CCC(CNC)CC2)cc1OCCC.Cl. The number of likely N-dealkylation sites (tertiary alicyclic amines) is 1. The third-order valence-electron chi connectivity index (χ3n) is 4.51. The molecule has 0 saturated carbocycles. The highest BCUT2D eigenvalue weighted by atomic mass is 35.5. The van der Waals surface area contributed by atoms with Crippen LogP contribution in [0.5, 0.6) is 11.5 Å². The minimum atomic E-state index is 0. The summed E-state index contributed by atoms with van der Waals surface area (Å²) < 4.78 is 11.6. The smallest absolute Gasteiger partial charge is 0.253 e. The zero-order chi connectivity index (χ0) is 18.1. The minimum absolute atomic E-state index is 0. The molecule has 148 valence electrons. The molecule has 5 nitrogen and oxygen atoms in total. The van der Waals surface area contributed by atoms with Crippen LogP contribution in [0.3, 0.4) is 0 Å². The van der Waals surface area contributed by atoms with Crippen LogP contribution in [0.15, 0.2) is 18.2 Å². The van der Waals surface area contributed by atoms with Gasteiger partial charge in [0.25, 0.3) is 5.91 Å². The maximum Gasteiger partial charge on any atom is 0.253 e. The van der Waals surface area contributed by atoms with Gasteiger partial charge in [-0.25, -0.2) is 0 Å². The van der Waals surface area contributed by atoms with Crippen molar-refractivity contribution in [2.24, 2.45) is 5.92 Å². The second-order valence-electron chi connectivity index (χ2n) is 6.65. The number of rotatable bonds is 9. The fourth-order valence-corrected chi connectivity index (χ4v) is 3.11. The summed E-state index contributed by atoms with van der Waals surface area (Å²) in [6, 6.07) is 5.55. The maximum absolute atomic E-state index is 12.8. The summed E-state index contributed by atoms with van der Waals surface area (Å²) in [5, 5.41) is 3.23. The van der Waals surface area contributed by atoms with Gasteiger partial charge in [-0.2, -0.15) is 0 Å². The number of carbonyl (C=O) groups is 1. The second kappa shape index (κ2) is 12.0. The van der Waals surface area contributed by atoms with E-state index in [4.69, 9.17) is 9.47 Å². The number of hydrogen-bond donors (Lipinski definition) is 1. The molecular weight excluding hydrogens is 352 g/mol. The number of benzene rings is 1. The molecule has 26 heavy (non-hydrogen) atoms. The molecule has 1 heterocycles. The largest absolute Gasteiger partial charge is 0.490 e. The predicted molar refractivity (Wildman–Crippen MR) is 108 cm³/mol. The average molecular weight is 385 g/mol.